The molecule has 6 heterocycles. The van der Waals surface area contributed by atoms with Crippen molar-refractivity contribution in [2.24, 2.45) is 0 Å². The fraction of sp³-hybridized carbons (Fsp3) is 0. The third-order valence-electron chi connectivity index (χ3n) is 3.42. The molecular weight excluding hydrogens is 385 g/mol. The summed E-state index contributed by atoms with van der Waals surface area (Å²) >= 11 is 11.2. The SMILES string of the molecule is c1cc2c(s1)sc1sccc12.c1cc2sc3ccsc3c2s1. The van der Waals surface area contributed by atoms with E-state index in [4.69, 9.17) is 0 Å². The lowest BCUT2D eigenvalue weighted by Crippen LogP contribution is -1.46. The molecule has 22 heavy (non-hydrogen) atoms. The van der Waals surface area contributed by atoms with Gasteiger partial charge in [0.25, 0.3) is 0 Å². The van der Waals surface area contributed by atoms with Crippen LogP contribution >= 0.6 is 68.0 Å². The summed E-state index contributed by atoms with van der Waals surface area (Å²) in [7, 11) is 0. The second-order valence-corrected chi connectivity index (χ2v) is 11.0. The topological polar surface area (TPSA) is 0 Å². The van der Waals surface area contributed by atoms with Crippen molar-refractivity contribution in [3.8, 4) is 0 Å². The van der Waals surface area contributed by atoms with Crippen molar-refractivity contribution >= 4 is 106 Å². The molecule has 0 atom stereocenters. The van der Waals surface area contributed by atoms with Gasteiger partial charge in [-0.1, -0.05) is 0 Å². The van der Waals surface area contributed by atoms with Crippen molar-refractivity contribution in [1.29, 1.82) is 0 Å². The maximum absolute atomic E-state index is 2.21. The van der Waals surface area contributed by atoms with Crippen LogP contribution in [-0.4, -0.2) is 0 Å². The molecular formula is C16H8S6. The Balaban J connectivity index is 0.000000102. The maximum atomic E-state index is 2.21. The zero-order chi connectivity index (χ0) is 14.5. The van der Waals surface area contributed by atoms with E-state index in [9.17, 15) is 0 Å². The predicted molar refractivity (Wildman–Crippen MR) is 110 cm³/mol. The minimum Gasteiger partial charge on any atom is -0.141 e. The van der Waals surface area contributed by atoms with Crippen molar-refractivity contribution in [1.82, 2.24) is 0 Å². The third kappa shape index (κ3) is 2.10. The second-order valence-electron chi connectivity index (χ2n) is 4.68. The fourth-order valence-electron chi connectivity index (χ4n) is 2.44. The number of hydrogen-bond acceptors (Lipinski definition) is 6. The number of rotatable bonds is 0. The molecule has 0 aliphatic heterocycles. The molecule has 0 aliphatic rings. The molecule has 0 nitrogen and oxygen atoms in total. The first-order valence-corrected chi connectivity index (χ1v) is 11.7. The van der Waals surface area contributed by atoms with Gasteiger partial charge in [-0.2, -0.15) is 0 Å². The van der Waals surface area contributed by atoms with E-state index in [0.717, 1.165) is 0 Å². The molecule has 0 radical (unpaired) electrons. The third-order valence-corrected chi connectivity index (χ3v) is 10.1. The van der Waals surface area contributed by atoms with Gasteiger partial charge in [0.15, 0.2) is 0 Å². The highest BCUT2D eigenvalue weighted by atomic mass is 32.2. The Kier molecular flexibility index (Phi) is 3.35. The van der Waals surface area contributed by atoms with Crippen LogP contribution in [0.15, 0.2) is 45.8 Å². The first-order chi connectivity index (χ1) is 10.9. The normalized spacial score (nSPS) is 11.6. The second kappa shape index (κ2) is 5.40. The Labute approximate surface area is 150 Å². The summed E-state index contributed by atoms with van der Waals surface area (Å²) in [6, 6.07) is 8.84. The highest BCUT2D eigenvalue weighted by Crippen LogP contribution is 2.40. The van der Waals surface area contributed by atoms with Gasteiger partial charge in [-0.05, 0) is 45.8 Å². The van der Waals surface area contributed by atoms with Gasteiger partial charge in [-0.15, -0.1) is 68.0 Å². The molecule has 0 N–H and O–H groups in total. The molecule has 0 bridgehead atoms. The van der Waals surface area contributed by atoms with Gasteiger partial charge in [0.05, 0.1) is 17.4 Å². The summed E-state index contributed by atoms with van der Waals surface area (Å²) in [5.41, 5.74) is 0. The first kappa shape index (κ1) is 13.7. The van der Waals surface area contributed by atoms with Crippen LogP contribution in [0.4, 0.5) is 0 Å². The lowest BCUT2D eigenvalue weighted by molar-refractivity contribution is 2.15. The Morgan fingerprint density at radius 2 is 1.00 bits per heavy atom. The molecule has 6 rings (SSSR count). The highest BCUT2D eigenvalue weighted by molar-refractivity contribution is 7.48. The molecule has 0 aromatic carbocycles. The van der Waals surface area contributed by atoms with Gasteiger partial charge >= 0.3 is 0 Å². The molecule has 0 saturated heterocycles. The highest BCUT2D eigenvalue weighted by Gasteiger charge is 2.06. The Morgan fingerprint density at radius 1 is 0.500 bits per heavy atom. The van der Waals surface area contributed by atoms with E-state index in [-0.39, 0.29) is 0 Å². The van der Waals surface area contributed by atoms with Crippen molar-refractivity contribution in [3.05, 3.63) is 45.8 Å². The quantitative estimate of drug-likeness (QED) is 0.243. The fourth-order valence-corrected chi connectivity index (χ4v) is 9.33. The van der Waals surface area contributed by atoms with Crippen LogP contribution in [0.2, 0.25) is 0 Å². The number of hydrogen-bond donors (Lipinski definition) is 0. The molecule has 0 aliphatic carbocycles. The Morgan fingerprint density at radius 3 is 1.55 bits per heavy atom. The Bertz CT molecular complexity index is 999. The summed E-state index contributed by atoms with van der Waals surface area (Å²) in [5, 5.41) is 11.5. The standard InChI is InChI=1S/2C8H4S3/c1-3-9-7-5(1)11-6-2-4-10-8(6)7;1-3-9-7-5(1)6-2-4-10-8(6)11-7/h2*1-4H. The van der Waals surface area contributed by atoms with Crippen LogP contribution in [0.5, 0.6) is 0 Å². The van der Waals surface area contributed by atoms with E-state index in [1.165, 1.54) is 37.6 Å². The van der Waals surface area contributed by atoms with Crippen LogP contribution in [0, 0.1) is 0 Å². The van der Waals surface area contributed by atoms with Crippen molar-refractivity contribution in [2.45, 2.75) is 0 Å². The van der Waals surface area contributed by atoms with E-state index in [1.807, 2.05) is 68.0 Å². The maximum Gasteiger partial charge on any atom is 0.0886 e. The molecule has 6 aromatic rings. The monoisotopic (exact) mass is 392 g/mol. The average Bonchev–Trinajstić information content (AvgIpc) is 3.27. The van der Waals surface area contributed by atoms with Gasteiger partial charge in [0, 0.05) is 20.2 Å². The van der Waals surface area contributed by atoms with E-state index in [1.54, 1.807) is 0 Å². The van der Waals surface area contributed by atoms with E-state index < -0.39 is 0 Å². The minimum atomic E-state index is 1.44. The zero-order valence-electron chi connectivity index (χ0n) is 11.1. The summed E-state index contributed by atoms with van der Waals surface area (Å²) in [6.07, 6.45) is 0. The van der Waals surface area contributed by atoms with Crippen LogP contribution in [0.1, 0.15) is 0 Å². The van der Waals surface area contributed by atoms with Crippen LogP contribution in [-0.2, 0) is 0 Å². The van der Waals surface area contributed by atoms with Gasteiger partial charge in [0.2, 0.25) is 0 Å². The van der Waals surface area contributed by atoms with E-state index in [0.29, 0.717) is 0 Å². The lowest BCUT2D eigenvalue weighted by atomic mass is 10.3. The Hall–Kier alpha value is -0.760. The van der Waals surface area contributed by atoms with Gasteiger partial charge in [-0.3, -0.25) is 0 Å². The molecule has 6 heteroatoms. The molecule has 108 valence electrons. The van der Waals surface area contributed by atoms with E-state index >= 15 is 0 Å². The van der Waals surface area contributed by atoms with Crippen LogP contribution < -0.4 is 0 Å². The molecule has 6 aromatic heterocycles. The molecule has 0 fully saturated rings. The molecule has 0 spiro atoms. The molecule has 0 saturated carbocycles. The van der Waals surface area contributed by atoms with Gasteiger partial charge < -0.3 is 0 Å². The molecule has 0 amide bonds. The zero-order valence-corrected chi connectivity index (χ0v) is 16.0. The number of thiophene rings is 6. The van der Waals surface area contributed by atoms with Crippen molar-refractivity contribution < 1.29 is 0 Å². The minimum absolute atomic E-state index is 1.44. The summed E-state index contributed by atoms with van der Waals surface area (Å²) in [4.78, 5) is 0. The van der Waals surface area contributed by atoms with Gasteiger partial charge in [-0.25, -0.2) is 0 Å². The largest absolute Gasteiger partial charge is 0.141 e. The van der Waals surface area contributed by atoms with Crippen molar-refractivity contribution in [2.75, 3.05) is 0 Å². The molecule has 0 unspecified atom stereocenters. The summed E-state index contributed by atoms with van der Waals surface area (Å²) in [5.74, 6) is 0. The summed E-state index contributed by atoms with van der Waals surface area (Å²) < 4.78 is 8.76. The lowest BCUT2D eigenvalue weighted by Gasteiger charge is -1.71. The van der Waals surface area contributed by atoms with Crippen LogP contribution in [0.25, 0.3) is 37.6 Å². The van der Waals surface area contributed by atoms with Crippen LogP contribution in [0.3, 0.4) is 0 Å². The average molecular weight is 393 g/mol. The predicted octanol–water partition coefficient (Wildman–Crippen LogP) is 8.36. The van der Waals surface area contributed by atoms with E-state index in [2.05, 4.69) is 45.8 Å². The van der Waals surface area contributed by atoms with Crippen molar-refractivity contribution in [3.63, 3.8) is 0 Å². The van der Waals surface area contributed by atoms with Gasteiger partial charge in [0.1, 0.15) is 0 Å². The summed E-state index contributed by atoms with van der Waals surface area (Å²) in [6.45, 7) is 0. The first-order valence-electron chi connectivity index (χ1n) is 6.56. The number of fused-ring (bicyclic) bond motifs is 6. The smallest absolute Gasteiger partial charge is 0.0886 e.